The second-order valence-corrected chi connectivity index (χ2v) is 6.39. The molecule has 0 aromatic heterocycles. The molecule has 1 aromatic rings. The Bertz CT molecular complexity index is 577. The zero-order valence-electron chi connectivity index (χ0n) is 12.6. The van der Waals surface area contributed by atoms with Gasteiger partial charge in [0.1, 0.15) is 11.0 Å². The van der Waals surface area contributed by atoms with Crippen LogP contribution in [-0.4, -0.2) is 24.2 Å². The Morgan fingerprint density at radius 1 is 1.40 bits per heavy atom. The third kappa shape index (κ3) is 2.68. The average Bonchev–Trinajstić information content (AvgIpc) is 2.38. The van der Waals surface area contributed by atoms with Gasteiger partial charge in [0.05, 0.1) is 25.7 Å². The van der Waals surface area contributed by atoms with E-state index in [0.717, 1.165) is 16.8 Å². The maximum absolute atomic E-state index is 12.0. The third-order valence-corrected chi connectivity index (χ3v) is 4.51. The van der Waals surface area contributed by atoms with Crippen LogP contribution in [0.5, 0.6) is 11.5 Å². The summed E-state index contributed by atoms with van der Waals surface area (Å²) in [6.07, 6.45) is 2.16. The van der Waals surface area contributed by atoms with Crippen LogP contribution in [0, 0.1) is 6.92 Å². The predicted molar refractivity (Wildman–Crippen MR) is 83.1 cm³/mol. The molecule has 1 aliphatic rings. The highest BCUT2D eigenvalue weighted by molar-refractivity contribution is 7.86. The molecule has 1 aromatic carbocycles. The number of hydrogen-bond acceptors (Lipinski definition) is 3. The molecule has 2 atom stereocenters. The van der Waals surface area contributed by atoms with E-state index in [4.69, 9.17) is 9.47 Å². The van der Waals surface area contributed by atoms with Gasteiger partial charge >= 0.3 is 0 Å². The van der Waals surface area contributed by atoms with Gasteiger partial charge in [-0.15, -0.1) is 0 Å². The summed E-state index contributed by atoms with van der Waals surface area (Å²) in [5.41, 5.74) is 4.16. The number of allylic oxidation sites excluding steroid dienone is 2. The molecule has 1 unspecified atom stereocenters. The Balaban J connectivity index is 2.64. The van der Waals surface area contributed by atoms with Crippen LogP contribution in [0.1, 0.15) is 30.9 Å². The summed E-state index contributed by atoms with van der Waals surface area (Å²) < 4.78 is 25.9. The average molecular weight is 295 g/mol. The summed E-state index contributed by atoms with van der Waals surface area (Å²) in [5.74, 6) is 2.11. The van der Waals surface area contributed by atoms with E-state index in [2.05, 4.69) is 24.6 Å². The van der Waals surface area contributed by atoms with E-state index < -0.39 is 11.0 Å². The van der Waals surface area contributed by atoms with E-state index in [1.165, 1.54) is 5.57 Å². The highest BCUT2D eigenvalue weighted by atomic mass is 32.2. The van der Waals surface area contributed by atoms with Gasteiger partial charge in [-0.2, -0.15) is 0 Å². The second-order valence-electron chi connectivity index (χ2n) is 5.17. The van der Waals surface area contributed by atoms with Crippen LogP contribution in [0.2, 0.25) is 0 Å². The first kappa shape index (κ1) is 14.9. The molecule has 0 aliphatic carbocycles. The van der Waals surface area contributed by atoms with Gasteiger partial charge in [-0.3, -0.25) is 0 Å². The molecule has 110 valence electrons. The van der Waals surface area contributed by atoms with E-state index in [1.807, 2.05) is 13.0 Å². The van der Waals surface area contributed by atoms with Gasteiger partial charge in [0, 0.05) is 11.5 Å². The number of rotatable bonds is 3. The number of nitrogens with one attached hydrogen (secondary N) is 1. The van der Waals surface area contributed by atoms with Crippen LogP contribution in [0.15, 0.2) is 17.7 Å². The Morgan fingerprint density at radius 2 is 2.10 bits per heavy atom. The molecular formula is C15H21NO3S. The standard InChI is InChI=1S/C15H21NO3S/c1-9(2)6-11-8-20(17)16-14-10(3)15(19-5)13(18-4)7-12(11)14/h6-7,11,16H,8H2,1-5H3/t11-,20?/m1/s1. The van der Waals surface area contributed by atoms with Crippen molar-refractivity contribution in [3.05, 3.63) is 28.8 Å². The highest BCUT2D eigenvalue weighted by Gasteiger charge is 2.27. The minimum absolute atomic E-state index is 0.135. The van der Waals surface area contributed by atoms with Crippen LogP contribution in [0.4, 0.5) is 5.69 Å². The van der Waals surface area contributed by atoms with Gasteiger partial charge in [-0.05, 0) is 32.4 Å². The van der Waals surface area contributed by atoms with Gasteiger partial charge in [0.2, 0.25) is 0 Å². The van der Waals surface area contributed by atoms with Crippen molar-refractivity contribution in [2.45, 2.75) is 26.7 Å². The maximum atomic E-state index is 12.0. The van der Waals surface area contributed by atoms with Crippen molar-refractivity contribution >= 4 is 16.7 Å². The van der Waals surface area contributed by atoms with Crippen molar-refractivity contribution in [3.63, 3.8) is 0 Å². The molecule has 0 amide bonds. The fraction of sp³-hybridized carbons (Fsp3) is 0.467. The van der Waals surface area contributed by atoms with Crippen LogP contribution in [0.3, 0.4) is 0 Å². The Labute approximate surface area is 122 Å². The second kappa shape index (κ2) is 5.87. The summed E-state index contributed by atoms with van der Waals surface area (Å²) in [4.78, 5) is 0. The number of fused-ring (bicyclic) bond motifs is 1. The Morgan fingerprint density at radius 3 is 2.65 bits per heavy atom. The molecule has 5 heteroatoms. The van der Waals surface area contributed by atoms with Gasteiger partial charge in [-0.1, -0.05) is 11.6 Å². The van der Waals surface area contributed by atoms with Crippen molar-refractivity contribution in [2.24, 2.45) is 0 Å². The summed E-state index contributed by atoms with van der Waals surface area (Å²) in [5, 5.41) is 0. The van der Waals surface area contributed by atoms with Crippen molar-refractivity contribution in [1.29, 1.82) is 0 Å². The largest absolute Gasteiger partial charge is 0.493 e. The fourth-order valence-corrected chi connectivity index (χ4v) is 3.76. The molecule has 1 heterocycles. The zero-order chi connectivity index (χ0) is 14.9. The molecule has 0 spiro atoms. The predicted octanol–water partition coefficient (Wildman–Crippen LogP) is 3.15. The number of ether oxygens (including phenoxy) is 2. The SMILES string of the molecule is COc1cc2c(c(C)c1OC)NS(=O)C[C@H]2C=C(C)C. The summed E-state index contributed by atoms with van der Waals surface area (Å²) in [6.45, 7) is 6.06. The number of anilines is 1. The highest BCUT2D eigenvalue weighted by Crippen LogP contribution is 2.44. The zero-order valence-corrected chi connectivity index (χ0v) is 13.4. The molecule has 2 rings (SSSR count). The van der Waals surface area contributed by atoms with Crippen LogP contribution in [-0.2, 0) is 11.0 Å². The van der Waals surface area contributed by atoms with Crippen LogP contribution >= 0.6 is 0 Å². The maximum Gasteiger partial charge on any atom is 0.165 e. The summed E-state index contributed by atoms with van der Waals surface area (Å²) in [7, 11) is 2.18. The number of benzene rings is 1. The van der Waals surface area contributed by atoms with Gasteiger partial charge in [-0.25, -0.2) is 4.21 Å². The molecule has 0 bridgehead atoms. The lowest BCUT2D eigenvalue weighted by atomic mass is 9.94. The fourth-order valence-electron chi connectivity index (χ4n) is 2.58. The van der Waals surface area contributed by atoms with Gasteiger partial charge in [0.15, 0.2) is 11.5 Å². The van der Waals surface area contributed by atoms with Crippen LogP contribution in [0.25, 0.3) is 0 Å². The monoisotopic (exact) mass is 295 g/mol. The Hall–Kier alpha value is -1.49. The quantitative estimate of drug-likeness (QED) is 0.871. The summed E-state index contributed by atoms with van der Waals surface area (Å²) in [6, 6.07) is 1.98. The lowest BCUT2D eigenvalue weighted by Crippen LogP contribution is -2.23. The Kier molecular flexibility index (Phi) is 4.38. The number of hydrogen-bond donors (Lipinski definition) is 1. The minimum Gasteiger partial charge on any atom is -0.493 e. The first-order valence-corrected chi connectivity index (χ1v) is 7.85. The lowest BCUT2D eigenvalue weighted by molar-refractivity contribution is 0.352. The number of methoxy groups -OCH3 is 2. The normalized spacial score (nSPS) is 20.6. The molecule has 1 N–H and O–H groups in total. The van der Waals surface area contributed by atoms with E-state index in [0.29, 0.717) is 17.3 Å². The van der Waals surface area contributed by atoms with Gasteiger partial charge < -0.3 is 14.2 Å². The van der Waals surface area contributed by atoms with Crippen molar-refractivity contribution in [3.8, 4) is 11.5 Å². The smallest absolute Gasteiger partial charge is 0.165 e. The lowest BCUT2D eigenvalue weighted by Gasteiger charge is -2.27. The van der Waals surface area contributed by atoms with E-state index in [9.17, 15) is 4.21 Å². The molecule has 20 heavy (non-hydrogen) atoms. The molecule has 0 radical (unpaired) electrons. The molecular weight excluding hydrogens is 274 g/mol. The third-order valence-electron chi connectivity index (χ3n) is 3.42. The first-order valence-electron chi connectivity index (χ1n) is 6.53. The summed E-state index contributed by atoms with van der Waals surface area (Å²) >= 11 is 0. The van der Waals surface area contributed by atoms with Gasteiger partial charge in [0.25, 0.3) is 0 Å². The van der Waals surface area contributed by atoms with Crippen LogP contribution < -0.4 is 14.2 Å². The molecule has 0 fully saturated rings. The molecule has 0 saturated heterocycles. The van der Waals surface area contributed by atoms with Crippen molar-refractivity contribution in [2.75, 3.05) is 24.7 Å². The molecule has 0 saturated carbocycles. The topological polar surface area (TPSA) is 47.6 Å². The minimum atomic E-state index is -1.07. The molecule has 4 nitrogen and oxygen atoms in total. The van der Waals surface area contributed by atoms with Crippen molar-refractivity contribution in [1.82, 2.24) is 0 Å². The molecule has 1 aliphatic heterocycles. The first-order chi connectivity index (χ1) is 9.47. The van der Waals surface area contributed by atoms with Crippen molar-refractivity contribution < 1.29 is 13.7 Å². The van der Waals surface area contributed by atoms with E-state index in [-0.39, 0.29) is 5.92 Å². The van der Waals surface area contributed by atoms with E-state index >= 15 is 0 Å². The van der Waals surface area contributed by atoms with E-state index in [1.54, 1.807) is 14.2 Å².